The van der Waals surface area contributed by atoms with Crippen molar-refractivity contribution in [3.63, 3.8) is 0 Å². The Labute approximate surface area is 82.8 Å². The van der Waals surface area contributed by atoms with E-state index < -0.39 is 21.5 Å². The van der Waals surface area contributed by atoms with E-state index in [1.54, 1.807) is 0 Å². The number of pyridine rings is 1. The fraction of sp³-hybridized carbons (Fsp3) is 0.167. The van der Waals surface area contributed by atoms with E-state index in [2.05, 4.69) is 9.17 Å². The van der Waals surface area contributed by atoms with Gasteiger partial charge in [-0.3, -0.25) is 0 Å². The molecule has 0 aromatic carbocycles. The second-order valence-electron chi connectivity index (χ2n) is 2.38. The molecule has 0 aliphatic rings. The number of halogens is 3. The first-order valence-electron chi connectivity index (χ1n) is 3.45. The van der Waals surface area contributed by atoms with E-state index in [-0.39, 0.29) is 5.69 Å². The number of hydrogen-bond acceptors (Lipinski definition) is 5. The summed E-state index contributed by atoms with van der Waals surface area (Å²) in [5.74, 6) is -0.796. The second kappa shape index (κ2) is 3.57. The van der Waals surface area contributed by atoms with Gasteiger partial charge in [0.15, 0.2) is 0 Å². The second-order valence-corrected chi connectivity index (χ2v) is 3.92. The van der Waals surface area contributed by atoms with E-state index in [0.717, 1.165) is 12.3 Å². The third kappa shape index (κ3) is 2.49. The van der Waals surface area contributed by atoms with E-state index in [1.807, 2.05) is 0 Å². The molecule has 0 bridgehead atoms. The summed E-state index contributed by atoms with van der Waals surface area (Å²) >= 11 is 0. The van der Waals surface area contributed by atoms with Crippen LogP contribution < -0.4 is 9.92 Å². The van der Waals surface area contributed by atoms with Gasteiger partial charge in [0, 0.05) is 6.20 Å². The molecule has 1 aromatic rings. The van der Waals surface area contributed by atoms with Gasteiger partial charge in [0.25, 0.3) is 5.88 Å². The average Bonchev–Trinajstić information content (AvgIpc) is 2.06. The highest BCUT2D eigenvalue weighted by Crippen LogP contribution is 2.28. The molecule has 15 heavy (non-hydrogen) atoms. The Hall–Kier alpha value is -1.51. The lowest BCUT2D eigenvalue weighted by Gasteiger charge is -2.09. The molecule has 0 unspecified atom stereocenters. The quantitative estimate of drug-likeness (QED) is 0.615. The molecule has 1 rings (SSSR count). The summed E-state index contributed by atoms with van der Waals surface area (Å²) in [4.78, 5) is 3.25. The van der Waals surface area contributed by atoms with Crippen molar-refractivity contribution >= 4 is 15.8 Å². The van der Waals surface area contributed by atoms with Gasteiger partial charge < -0.3 is 9.92 Å². The van der Waals surface area contributed by atoms with Crippen LogP contribution in [-0.2, 0) is 10.1 Å². The maximum atomic E-state index is 11.9. The van der Waals surface area contributed by atoms with Crippen LogP contribution in [0, 0.1) is 0 Å². The van der Waals surface area contributed by atoms with Crippen LogP contribution in [0.25, 0.3) is 0 Å². The summed E-state index contributed by atoms with van der Waals surface area (Å²) in [5, 5.41) is 0. The smallest absolute Gasteiger partial charge is 0.394 e. The van der Waals surface area contributed by atoms with E-state index in [0.29, 0.717) is 0 Å². The standard InChI is InChI=1S/C6H5F3N2O3S/c7-6(8,9)15(12,13)14-5-4(10)2-1-3-11-5/h1-3H,10H2. The zero-order valence-electron chi connectivity index (χ0n) is 7.02. The third-order valence-corrected chi connectivity index (χ3v) is 2.22. The van der Waals surface area contributed by atoms with Gasteiger partial charge in [-0.25, -0.2) is 4.98 Å². The van der Waals surface area contributed by atoms with Crippen molar-refractivity contribution in [1.29, 1.82) is 0 Å². The minimum absolute atomic E-state index is 0.301. The van der Waals surface area contributed by atoms with Gasteiger partial charge in [0.1, 0.15) is 0 Å². The molecule has 1 heterocycles. The zero-order valence-corrected chi connectivity index (χ0v) is 7.84. The largest absolute Gasteiger partial charge is 0.534 e. The van der Waals surface area contributed by atoms with Crippen molar-refractivity contribution in [1.82, 2.24) is 4.98 Å². The highest BCUT2D eigenvalue weighted by Gasteiger charge is 2.49. The molecule has 0 amide bonds. The topological polar surface area (TPSA) is 82.3 Å². The van der Waals surface area contributed by atoms with Gasteiger partial charge in [-0.05, 0) is 12.1 Å². The summed E-state index contributed by atoms with van der Waals surface area (Å²) < 4.78 is 60.4. The van der Waals surface area contributed by atoms with Gasteiger partial charge in [0.2, 0.25) is 0 Å². The highest BCUT2D eigenvalue weighted by molar-refractivity contribution is 7.88. The van der Waals surface area contributed by atoms with Gasteiger partial charge >= 0.3 is 15.6 Å². The molecule has 0 saturated carbocycles. The Balaban J connectivity index is 3.03. The van der Waals surface area contributed by atoms with Crippen LogP contribution in [0.15, 0.2) is 18.3 Å². The van der Waals surface area contributed by atoms with E-state index >= 15 is 0 Å². The van der Waals surface area contributed by atoms with Crippen LogP contribution in [0.1, 0.15) is 0 Å². The van der Waals surface area contributed by atoms with Crippen LogP contribution in [0.3, 0.4) is 0 Å². The zero-order chi connectivity index (χ0) is 11.7. The molecule has 9 heteroatoms. The normalized spacial score (nSPS) is 12.5. The predicted molar refractivity (Wildman–Crippen MR) is 44.3 cm³/mol. The van der Waals surface area contributed by atoms with Crippen LogP contribution in [0.4, 0.5) is 18.9 Å². The predicted octanol–water partition coefficient (Wildman–Crippen LogP) is 0.892. The van der Waals surface area contributed by atoms with Crippen molar-refractivity contribution in [3.8, 4) is 5.88 Å². The molecule has 0 fully saturated rings. The number of nitrogens with two attached hydrogens (primary N) is 1. The molecular weight excluding hydrogens is 237 g/mol. The Morgan fingerprint density at radius 2 is 2.00 bits per heavy atom. The number of hydrogen-bond donors (Lipinski definition) is 1. The van der Waals surface area contributed by atoms with Crippen LogP contribution >= 0.6 is 0 Å². The highest BCUT2D eigenvalue weighted by atomic mass is 32.2. The summed E-state index contributed by atoms with van der Waals surface area (Å²) in [6.07, 6.45) is 1.05. The first kappa shape index (κ1) is 11.6. The van der Waals surface area contributed by atoms with Crippen molar-refractivity contribution < 1.29 is 25.8 Å². The lowest BCUT2D eigenvalue weighted by atomic mass is 10.4. The molecule has 0 saturated heterocycles. The third-order valence-electron chi connectivity index (χ3n) is 1.27. The minimum atomic E-state index is -5.72. The van der Waals surface area contributed by atoms with Gasteiger partial charge in [-0.2, -0.15) is 21.6 Å². The lowest BCUT2D eigenvalue weighted by Crippen LogP contribution is -2.28. The van der Waals surface area contributed by atoms with Crippen LogP contribution in [-0.4, -0.2) is 18.9 Å². The number of rotatable bonds is 2. The Morgan fingerprint density at radius 1 is 1.40 bits per heavy atom. The van der Waals surface area contributed by atoms with Crippen molar-refractivity contribution in [2.45, 2.75) is 5.51 Å². The summed E-state index contributed by atoms with van der Waals surface area (Å²) in [6, 6.07) is 2.48. The van der Waals surface area contributed by atoms with Crippen LogP contribution in [0.2, 0.25) is 0 Å². The monoisotopic (exact) mass is 242 g/mol. The first-order valence-corrected chi connectivity index (χ1v) is 4.86. The number of nitrogens with zero attached hydrogens (tertiary/aromatic N) is 1. The van der Waals surface area contributed by atoms with E-state index in [4.69, 9.17) is 5.73 Å². The molecule has 5 nitrogen and oxygen atoms in total. The fourth-order valence-electron chi connectivity index (χ4n) is 0.624. The molecule has 84 valence electrons. The van der Waals surface area contributed by atoms with Gasteiger partial charge in [-0.15, -0.1) is 0 Å². The molecular formula is C6H5F3N2O3S. The number of alkyl halides is 3. The molecule has 2 N–H and O–H groups in total. The molecule has 1 aromatic heterocycles. The molecule has 0 atom stereocenters. The minimum Gasteiger partial charge on any atom is -0.394 e. The summed E-state index contributed by atoms with van der Waals surface area (Å²) in [5.41, 5.74) is -0.652. The van der Waals surface area contributed by atoms with E-state index in [9.17, 15) is 21.6 Å². The summed E-state index contributed by atoms with van der Waals surface area (Å²) in [6.45, 7) is 0. The fourth-order valence-corrected chi connectivity index (χ4v) is 1.07. The van der Waals surface area contributed by atoms with Crippen LogP contribution in [0.5, 0.6) is 5.88 Å². The number of aromatic nitrogens is 1. The van der Waals surface area contributed by atoms with Crippen molar-refractivity contribution in [3.05, 3.63) is 18.3 Å². The molecule has 0 radical (unpaired) electrons. The van der Waals surface area contributed by atoms with E-state index in [1.165, 1.54) is 6.07 Å². The average molecular weight is 242 g/mol. The number of nitrogen functional groups attached to an aromatic ring is 1. The molecule has 0 aliphatic carbocycles. The van der Waals surface area contributed by atoms with Crippen molar-refractivity contribution in [2.75, 3.05) is 5.73 Å². The molecule has 0 aliphatic heterocycles. The molecule has 0 spiro atoms. The maximum Gasteiger partial charge on any atom is 0.534 e. The summed E-state index contributed by atoms with van der Waals surface area (Å²) in [7, 11) is -5.72. The Bertz CT molecular complexity index is 457. The SMILES string of the molecule is Nc1cccnc1OS(=O)(=O)C(F)(F)F. The maximum absolute atomic E-state index is 11.9. The van der Waals surface area contributed by atoms with Gasteiger partial charge in [-0.1, -0.05) is 0 Å². The van der Waals surface area contributed by atoms with Crippen molar-refractivity contribution in [2.24, 2.45) is 0 Å². The van der Waals surface area contributed by atoms with Gasteiger partial charge in [0.05, 0.1) is 5.69 Å². The Morgan fingerprint density at radius 3 is 2.47 bits per heavy atom. The number of anilines is 1. The lowest BCUT2D eigenvalue weighted by molar-refractivity contribution is -0.0501. The Kier molecular flexibility index (Phi) is 2.75. The first-order chi connectivity index (χ1) is 6.74.